The van der Waals surface area contributed by atoms with Gasteiger partial charge in [0.2, 0.25) is 0 Å². The predicted octanol–water partition coefficient (Wildman–Crippen LogP) is 4.38. The lowest BCUT2D eigenvalue weighted by Crippen LogP contribution is -1.88. The highest BCUT2D eigenvalue weighted by molar-refractivity contribution is 6.04. The fourth-order valence-electron chi connectivity index (χ4n) is 1.60. The first kappa shape index (κ1) is 18.3. The number of halogens is 1. The molecule has 0 amide bonds. The van der Waals surface area contributed by atoms with E-state index in [2.05, 4.69) is 50.2 Å². The van der Waals surface area contributed by atoms with Crippen LogP contribution in [0.1, 0.15) is 37.0 Å². The van der Waals surface area contributed by atoms with E-state index in [-0.39, 0.29) is 0 Å². The summed E-state index contributed by atoms with van der Waals surface area (Å²) in [5.74, 6) is 6.48. The molecule has 0 aromatic heterocycles. The zero-order valence-electron chi connectivity index (χ0n) is 12.2. The molecule has 108 valence electrons. The van der Waals surface area contributed by atoms with Crippen LogP contribution >= 0.6 is 11.9 Å². The number of hydrogen-bond acceptors (Lipinski definition) is 2. The van der Waals surface area contributed by atoms with Crippen molar-refractivity contribution in [2.24, 2.45) is 0 Å². The van der Waals surface area contributed by atoms with Gasteiger partial charge in [0.25, 0.3) is 0 Å². The Morgan fingerprint density at radius 3 is 2.50 bits per heavy atom. The second kappa shape index (κ2) is 10.1. The number of benzene rings is 1. The number of aromatic hydroxyl groups is 1. The van der Waals surface area contributed by atoms with Crippen LogP contribution in [0.4, 0.5) is 0 Å². The van der Waals surface area contributed by atoms with E-state index in [1.54, 1.807) is 12.1 Å². The van der Waals surface area contributed by atoms with Crippen molar-refractivity contribution >= 4 is 17.9 Å². The van der Waals surface area contributed by atoms with Crippen molar-refractivity contribution in [1.29, 1.82) is 0 Å². The Bertz CT molecular complexity index is 530. The number of phenolic OH excluding ortho intramolecular Hbond substituents is 1. The summed E-state index contributed by atoms with van der Waals surface area (Å²) < 4.78 is 6.47. The van der Waals surface area contributed by atoms with Crippen LogP contribution in [0.5, 0.6) is 5.75 Å². The molecule has 0 saturated heterocycles. The summed E-state index contributed by atoms with van der Waals surface area (Å²) in [7, 11) is 0. The minimum atomic E-state index is 0.314. The minimum Gasteiger partial charge on any atom is -0.508 e. The third-order valence-corrected chi connectivity index (χ3v) is 2.70. The van der Waals surface area contributed by atoms with E-state index < -0.39 is 0 Å². The van der Waals surface area contributed by atoms with Crippen molar-refractivity contribution in [3.8, 4) is 17.6 Å². The summed E-state index contributed by atoms with van der Waals surface area (Å²) in [6, 6.07) is 3.72. The molecule has 0 aliphatic rings. The van der Waals surface area contributed by atoms with E-state index in [0.717, 1.165) is 23.1 Å². The molecule has 1 aromatic carbocycles. The Hall–Kier alpha value is -1.69. The van der Waals surface area contributed by atoms with Gasteiger partial charge in [0.15, 0.2) is 0 Å². The largest absolute Gasteiger partial charge is 0.508 e. The third kappa shape index (κ3) is 6.47. The van der Waals surface area contributed by atoms with Gasteiger partial charge in [0.1, 0.15) is 5.75 Å². The summed E-state index contributed by atoms with van der Waals surface area (Å²) >= 11 is 3.64. The normalized spacial score (nSPS) is 8.65. The first-order valence-corrected chi connectivity index (χ1v) is 6.59. The second-order valence-corrected chi connectivity index (χ2v) is 4.56. The zero-order chi connectivity index (χ0) is 15.5. The van der Waals surface area contributed by atoms with E-state index in [9.17, 15) is 5.11 Å². The first-order valence-electron chi connectivity index (χ1n) is 6.25. The molecule has 20 heavy (non-hydrogen) atoms. The maximum Gasteiger partial charge on any atom is 0.120 e. The van der Waals surface area contributed by atoms with Crippen molar-refractivity contribution in [3.63, 3.8) is 0 Å². The van der Waals surface area contributed by atoms with Crippen LogP contribution in [0.15, 0.2) is 30.4 Å². The Morgan fingerprint density at radius 1 is 1.30 bits per heavy atom. The van der Waals surface area contributed by atoms with Crippen LogP contribution in [0.3, 0.4) is 0 Å². The lowest BCUT2D eigenvalue weighted by Gasteiger charge is -2.06. The van der Waals surface area contributed by atoms with Gasteiger partial charge in [-0.2, -0.15) is 0 Å². The molecule has 0 aliphatic heterocycles. The molecule has 0 fully saturated rings. The van der Waals surface area contributed by atoms with E-state index in [4.69, 9.17) is 4.66 Å². The van der Waals surface area contributed by atoms with Gasteiger partial charge in [-0.3, -0.25) is 4.66 Å². The molecule has 1 aromatic rings. The molecule has 0 bridgehead atoms. The quantitative estimate of drug-likeness (QED) is 0.641. The highest BCUT2D eigenvalue weighted by atomic mass is 35.5. The average molecular weight is 293 g/mol. The lowest BCUT2D eigenvalue weighted by molar-refractivity contribution is 0.469. The molecule has 3 heteroatoms. The second-order valence-electron chi connectivity index (χ2n) is 4.56. The Morgan fingerprint density at radius 2 is 1.95 bits per heavy atom. The number of rotatable bonds is 3. The van der Waals surface area contributed by atoms with Gasteiger partial charge in [-0.1, -0.05) is 36.1 Å². The molecule has 0 atom stereocenters. The maximum absolute atomic E-state index is 9.84. The summed E-state index contributed by atoms with van der Waals surface area (Å²) in [6.45, 7) is 9.84. The third-order valence-electron chi connectivity index (χ3n) is 2.70. The van der Waals surface area contributed by atoms with Crippen molar-refractivity contribution in [1.82, 2.24) is 0 Å². The zero-order valence-corrected chi connectivity index (χ0v) is 13.0. The summed E-state index contributed by atoms with van der Waals surface area (Å²) in [4.78, 5) is 0. The molecule has 1 rings (SSSR count). The number of phenols is 1. The predicted molar refractivity (Wildman–Crippen MR) is 86.5 cm³/mol. The van der Waals surface area contributed by atoms with Gasteiger partial charge in [-0.15, -0.1) is 0 Å². The number of hydrogen-bond donors (Lipinski definition) is 2. The SMILES string of the molecule is C=Cc1cc(CC#CCC=C(C)C)c(O)cc1C.OCl. The fraction of sp³-hybridized carbons (Fsp3) is 0.294. The van der Waals surface area contributed by atoms with E-state index >= 15 is 0 Å². The molecule has 0 radical (unpaired) electrons. The molecule has 0 heterocycles. The Labute approximate surface area is 126 Å². The van der Waals surface area contributed by atoms with Gasteiger partial charge in [0, 0.05) is 18.4 Å². The Kier molecular flexibility index (Phi) is 9.28. The molecule has 0 saturated carbocycles. The van der Waals surface area contributed by atoms with Crippen LogP contribution in [-0.4, -0.2) is 9.77 Å². The lowest BCUT2D eigenvalue weighted by atomic mass is 10.0. The van der Waals surface area contributed by atoms with E-state index in [1.807, 2.05) is 13.0 Å². The summed E-state index contributed by atoms with van der Waals surface area (Å²) in [5, 5.41) is 9.84. The summed E-state index contributed by atoms with van der Waals surface area (Å²) in [6.07, 6.45) is 5.23. The standard InChI is InChI=1S/C17H20O.ClHO/c1-5-15-12-16(17(18)11-14(15)4)10-8-6-7-9-13(2)3;1-2/h5,9,11-12,18H,1,7,10H2,2-4H3;2H. The molecular formula is C17H21ClO2. The van der Waals surface area contributed by atoms with Crippen LogP contribution in [0, 0.1) is 18.8 Å². The van der Waals surface area contributed by atoms with Gasteiger partial charge < -0.3 is 5.11 Å². The fourth-order valence-corrected chi connectivity index (χ4v) is 1.60. The van der Waals surface area contributed by atoms with Gasteiger partial charge in [-0.05, 0) is 44.0 Å². The average Bonchev–Trinajstić information content (AvgIpc) is 2.42. The topological polar surface area (TPSA) is 40.5 Å². The molecule has 0 spiro atoms. The van der Waals surface area contributed by atoms with Gasteiger partial charge in [-0.25, -0.2) is 0 Å². The van der Waals surface area contributed by atoms with Gasteiger partial charge in [0.05, 0.1) is 11.9 Å². The van der Waals surface area contributed by atoms with Gasteiger partial charge >= 0.3 is 0 Å². The van der Waals surface area contributed by atoms with E-state index in [0.29, 0.717) is 12.2 Å². The molecule has 2 nitrogen and oxygen atoms in total. The highest BCUT2D eigenvalue weighted by Gasteiger charge is 2.03. The Balaban J connectivity index is 0.00000172. The van der Waals surface area contributed by atoms with Crippen LogP contribution in [0.2, 0.25) is 0 Å². The first-order chi connectivity index (χ1) is 9.54. The van der Waals surface area contributed by atoms with Crippen LogP contribution < -0.4 is 0 Å². The molecule has 0 aliphatic carbocycles. The smallest absolute Gasteiger partial charge is 0.120 e. The van der Waals surface area contributed by atoms with Crippen molar-refractivity contribution in [2.45, 2.75) is 33.6 Å². The molecular weight excluding hydrogens is 272 g/mol. The van der Waals surface area contributed by atoms with Crippen molar-refractivity contribution in [2.75, 3.05) is 0 Å². The van der Waals surface area contributed by atoms with Crippen molar-refractivity contribution in [3.05, 3.63) is 47.1 Å². The molecule has 2 N–H and O–H groups in total. The molecule has 0 unspecified atom stereocenters. The van der Waals surface area contributed by atoms with E-state index in [1.165, 1.54) is 5.57 Å². The minimum absolute atomic E-state index is 0.314. The van der Waals surface area contributed by atoms with Crippen LogP contribution in [0.25, 0.3) is 6.08 Å². The number of aryl methyl sites for hydroxylation is 1. The summed E-state index contributed by atoms with van der Waals surface area (Å²) in [5.41, 5.74) is 4.22. The highest BCUT2D eigenvalue weighted by Crippen LogP contribution is 2.23. The van der Waals surface area contributed by atoms with Crippen LogP contribution in [-0.2, 0) is 6.42 Å². The number of allylic oxidation sites excluding steroid dienone is 2. The monoisotopic (exact) mass is 292 g/mol. The van der Waals surface area contributed by atoms with Crippen molar-refractivity contribution < 1.29 is 9.77 Å². The maximum atomic E-state index is 9.84.